The highest BCUT2D eigenvalue weighted by molar-refractivity contribution is 8.00. The molecule has 2 N–H and O–H groups in total. The SMILES string of the molecule is O=C(O)CS(=O)(=O)NCC1CCCS1. The Labute approximate surface area is 87.3 Å². The Hall–Kier alpha value is -0.270. The number of sulfonamides is 1. The molecule has 0 radical (unpaired) electrons. The topological polar surface area (TPSA) is 83.5 Å². The van der Waals surface area contributed by atoms with E-state index in [-0.39, 0.29) is 0 Å². The lowest BCUT2D eigenvalue weighted by Gasteiger charge is -2.09. The predicted octanol–water partition coefficient (Wildman–Crippen LogP) is -0.114. The highest BCUT2D eigenvalue weighted by Crippen LogP contribution is 2.25. The van der Waals surface area contributed by atoms with E-state index in [0.29, 0.717) is 11.8 Å². The molecule has 0 aromatic rings. The zero-order valence-corrected chi connectivity index (χ0v) is 9.23. The summed E-state index contributed by atoms with van der Waals surface area (Å²) in [7, 11) is -3.63. The molecular weight excluding hydrogens is 226 g/mol. The van der Waals surface area contributed by atoms with E-state index in [9.17, 15) is 13.2 Å². The van der Waals surface area contributed by atoms with E-state index in [1.54, 1.807) is 11.8 Å². The summed E-state index contributed by atoms with van der Waals surface area (Å²) in [6.07, 6.45) is 2.11. The minimum atomic E-state index is -3.63. The monoisotopic (exact) mass is 239 g/mol. The van der Waals surface area contributed by atoms with Crippen molar-refractivity contribution in [2.45, 2.75) is 18.1 Å². The Morgan fingerprint density at radius 3 is 2.79 bits per heavy atom. The van der Waals surface area contributed by atoms with Crippen LogP contribution in [0.5, 0.6) is 0 Å². The normalized spacial score (nSPS) is 22.4. The third-order valence-corrected chi connectivity index (χ3v) is 4.50. The Morgan fingerprint density at radius 1 is 1.57 bits per heavy atom. The van der Waals surface area contributed by atoms with Gasteiger partial charge in [-0.1, -0.05) is 0 Å². The molecule has 5 nitrogen and oxygen atoms in total. The molecule has 1 aliphatic rings. The van der Waals surface area contributed by atoms with Crippen LogP contribution in [0.3, 0.4) is 0 Å². The second-order valence-electron chi connectivity index (χ2n) is 3.14. The first-order chi connectivity index (χ1) is 6.49. The molecule has 0 aromatic heterocycles. The van der Waals surface area contributed by atoms with Crippen LogP contribution in [0.15, 0.2) is 0 Å². The van der Waals surface area contributed by atoms with Gasteiger partial charge in [0, 0.05) is 11.8 Å². The molecule has 0 aliphatic carbocycles. The van der Waals surface area contributed by atoms with Gasteiger partial charge in [0.05, 0.1) is 0 Å². The van der Waals surface area contributed by atoms with Crippen LogP contribution >= 0.6 is 11.8 Å². The van der Waals surface area contributed by atoms with E-state index in [1.807, 2.05) is 0 Å². The van der Waals surface area contributed by atoms with Gasteiger partial charge in [-0.15, -0.1) is 0 Å². The summed E-state index contributed by atoms with van der Waals surface area (Å²) >= 11 is 1.73. The van der Waals surface area contributed by atoms with Crippen molar-refractivity contribution < 1.29 is 18.3 Å². The standard InChI is InChI=1S/C7H13NO4S2/c9-7(10)5-14(11,12)8-4-6-2-1-3-13-6/h6,8H,1-5H2,(H,9,10). The van der Waals surface area contributed by atoms with Crippen LogP contribution < -0.4 is 4.72 Å². The molecule has 0 bridgehead atoms. The number of thioether (sulfide) groups is 1. The first-order valence-corrected chi connectivity index (χ1v) is 7.00. The maximum Gasteiger partial charge on any atom is 0.320 e. The molecule has 1 rings (SSSR count). The Morgan fingerprint density at radius 2 is 2.29 bits per heavy atom. The van der Waals surface area contributed by atoms with Gasteiger partial charge in [0.1, 0.15) is 0 Å². The van der Waals surface area contributed by atoms with Crippen LogP contribution in [-0.2, 0) is 14.8 Å². The second kappa shape index (κ2) is 4.99. The van der Waals surface area contributed by atoms with Crippen molar-refractivity contribution in [1.29, 1.82) is 0 Å². The number of rotatable bonds is 5. The van der Waals surface area contributed by atoms with Gasteiger partial charge in [0.15, 0.2) is 5.75 Å². The van der Waals surface area contributed by atoms with Crippen molar-refractivity contribution in [2.24, 2.45) is 0 Å². The van der Waals surface area contributed by atoms with Crippen molar-refractivity contribution in [1.82, 2.24) is 4.72 Å². The van der Waals surface area contributed by atoms with E-state index in [2.05, 4.69) is 4.72 Å². The lowest BCUT2D eigenvalue weighted by molar-refractivity contribution is -0.134. The largest absolute Gasteiger partial charge is 0.480 e. The molecule has 1 fully saturated rings. The number of hydrogen-bond acceptors (Lipinski definition) is 4. The van der Waals surface area contributed by atoms with Gasteiger partial charge in [-0.2, -0.15) is 11.8 Å². The summed E-state index contributed by atoms with van der Waals surface area (Å²) in [6.45, 7) is 0.348. The first-order valence-electron chi connectivity index (χ1n) is 4.30. The first kappa shape index (κ1) is 11.8. The second-order valence-corrected chi connectivity index (χ2v) is 6.35. The fourth-order valence-corrected chi connectivity index (χ4v) is 3.43. The number of carboxylic acids is 1. The van der Waals surface area contributed by atoms with Gasteiger partial charge < -0.3 is 5.11 Å². The summed E-state index contributed by atoms with van der Waals surface area (Å²) in [4.78, 5) is 10.2. The highest BCUT2D eigenvalue weighted by atomic mass is 32.2. The smallest absolute Gasteiger partial charge is 0.320 e. The molecule has 1 unspecified atom stereocenters. The van der Waals surface area contributed by atoms with Gasteiger partial charge in [-0.05, 0) is 18.6 Å². The number of carbonyl (C=O) groups is 1. The lowest BCUT2D eigenvalue weighted by Crippen LogP contribution is -2.34. The highest BCUT2D eigenvalue weighted by Gasteiger charge is 2.20. The van der Waals surface area contributed by atoms with Gasteiger partial charge in [-0.3, -0.25) is 4.79 Å². The van der Waals surface area contributed by atoms with Gasteiger partial charge in [0.25, 0.3) is 0 Å². The van der Waals surface area contributed by atoms with Crippen LogP contribution in [-0.4, -0.2) is 42.8 Å². The van der Waals surface area contributed by atoms with Crippen LogP contribution in [0.25, 0.3) is 0 Å². The van der Waals surface area contributed by atoms with Crippen molar-refractivity contribution >= 4 is 27.8 Å². The minimum absolute atomic E-state index is 0.304. The fourth-order valence-electron chi connectivity index (χ4n) is 1.24. The van der Waals surface area contributed by atoms with Crippen molar-refractivity contribution in [3.63, 3.8) is 0 Å². The minimum Gasteiger partial charge on any atom is -0.480 e. The molecular formula is C7H13NO4S2. The summed E-state index contributed by atoms with van der Waals surface area (Å²) in [6, 6.07) is 0. The molecule has 0 spiro atoms. The Bertz CT molecular complexity index is 295. The summed E-state index contributed by atoms with van der Waals surface area (Å²) < 4.78 is 24.5. The molecule has 0 saturated carbocycles. The summed E-state index contributed by atoms with van der Waals surface area (Å²) in [5.74, 6) is -1.10. The molecule has 0 aromatic carbocycles. The molecule has 1 aliphatic heterocycles. The third kappa shape index (κ3) is 4.30. The Kier molecular flexibility index (Phi) is 4.21. The zero-order chi connectivity index (χ0) is 10.6. The molecule has 7 heteroatoms. The van der Waals surface area contributed by atoms with Gasteiger partial charge in [-0.25, -0.2) is 13.1 Å². The fraction of sp³-hybridized carbons (Fsp3) is 0.857. The van der Waals surface area contributed by atoms with Crippen LogP contribution in [0.2, 0.25) is 0 Å². The summed E-state index contributed by atoms with van der Waals surface area (Å²) in [5.41, 5.74) is 0. The van der Waals surface area contributed by atoms with Crippen molar-refractivity contribution in [2.75, 3.05) is 18.1 Å². The van der Waals surface area contributed by atoms with Crippen LogP contribution in [0.4, 0.5) is 0 Å². The molecule has 1 heterocycles. The van der Waals surface area contributed by atoms with Gasteiger partial charge >= 0.3 is 5.97 Å². The average molecular weight is 239 g/mol. The molecule has 0 amide bonds. The van der Waals surface area contributed by atoms with E-state index >= 15 is 0 Å². The van der Waals surface area contributed by atoms with Crippen molar-refractivity contribution in [3.8, 4) is 0 Å². The Balaban J connectivity index is 2.32. The third-order valence-electron chi connectivity index (χ3n) is 1.87. The van der Waals surface area contributed by atoms with Crippen LogP contribution in [0, 0.1) is 0 Å². The maximum atomic E-state index is 11.1. The molecule has 1 atom stereocenters. The van der Waals surface area contributed by atoms with E-state index in [1.165, 1.54) is 0 Å². The number of aliphatic carboxylic acids is 1. The zero-order valence-electron chi connectivity index (χ0n) is 7.60. The van der Waals surface area contributed by atoms with E-state index in [4.69, 9.17) is 5.11 Å². The summed E-state index contributed by atoms with van der Waals surface area (Å²) in [5, 5.41) is 8.62. The quantitative estimate of drug-likeness (QED) is 0.699. The average Bonchev–Trinajstić information content (AvgIpc) is 2.50. The van der Waals surface area contributed by atoms with Crippen molar-refractivity contribution in [3.05, 3.63) is 0 Å². The molecule has 1 saturated heterocycles. The number of carboxylic acid groups (broad SMARTS) is 1. The lowest BCUT2D eigenvalue weighted by atomic mass is 10.2. The van der Waals surface area contributed by atoms with E-state index in [0.717, 1.165) is 18.6 Å². The van der Waals surface area contributed by atoms with Gasteiger partial charge in [0.2, 0.25) is 10.0 Å². The number of nitrogens with one attached hydrogen (secondary N) is 1. The predicted molar refractivity (Wildman–Crippen MR) is 54.9 cm³/mol. The number of hydrogen-bond donors (Lipinski definition) is 2. The molecule has 14 heavy (non-hydrogen) atoms. The maximum absolute atomic E-state index is 11.1. The van der Waals surface area contributed by atoms with E-state index < -0.39 is 21.7 Å². The van der Waals surface area contributed by atoms with Crippen LogP contribution in [0.1, 0.15) is 12.8 Å². The molecule has 82 valence electrons.